The van der Waals surface area contributed by atoms with Crippen LogP contribution in [0.25, 0.3) is 0 Å². The summed E-state index contributed by atoms with van der Waals surface area (Å²) in [6.07, 6.45) is 1.46. The summed E-state index contributed by atoms with van der Waals surface area (Å²) in [6.45, 7) is 0.641. The lowest BCUT2D eigenvalue weighted by Crippen LogP contribution is -2.36. The summed E-state index contributed by atoms with van der Waals surface area (Å²) in [6, 6.07) is 0. The predicted molar refractivity (Wildman–Crippen MR) is 44.7 cm³/mol. The largest absolute Gasteiger partial charge is 0.516 e. The maximum atomic E-state index is 5.08. The number of hydrogen-bond donors (Lipinski definition) is 0. The lowest BCUT2D eigenvalue weighted by molar-refractivity contribution is -0.355. The second kappa shape index (κ2) is 6.84. The molecule has 0 fully saturated rings. The van der Waals surface area contributed by atoms with E-state index in [1.165, 1.54) is 0 Å². The average Bonchev–Trinajstić information content (AvgIpc) is 2.14. The third-order valence-electron chi connectivity index (χ3n) is 1.68. The molecule has 0 N–H and O–H groups in total. The van der Waals surface area contributed by atoms with Gasteiger partial charge in [-0.3, -0.25) is 0 Å². The van der Waals surface area contributed by atoms with Gasteiger partial charge in [0.15, 0.2) is 0 Å². The van der Waals surface area contributed by atoms with Gasteiger partial charge in [-0.2, -0.15) is 0 Å². The van der Waals surface area contributed by atoms with Crippen LogP contribution in [-0.2, 0) is 18.0 Å². The van der Waals surface area contributed by atoms with Gasteiger partial charge >= 0.3 is 16.6 Å². The molecule has 0 aromatic heterocycles. The smallest absolute Gasteiger partial charge is 0.369 e. The maximum Gasteiger partial charge on any atom is 0.369 e. The molecular weight excluding hydrogens is 175 g/mol. The van der Waals surface area contributed by atoms with E-state index in [4.69, 9.17) is 18.0 Å². The van der Waals surface area contributed by atoms with Crippen molar-refractivity contribution in [3.05, 3.63) is 0 Å². The van der Waals surface area contributed by atoms with Gasteiger partial charge in [0.05, 0.1) is 0 Å². The van der Waals surface area contributed by atoms with Crippen molar-refractivity contribution in [2.24, 2.45) is 0 Å². The van der Waals surface area contributed by atoms with Gasteiger partial charge in [0, 0.05) is 34.4 Å². The SMILES string of the molecule is COC(CCC[O][Al])(OC)OC. The molecule has 70 valence electrons. The molecule has 0 aromatic carbocycles. The lowest BCUT2D eigenvalue weighted by Gasteiger charge is -2.28. The highest BCUT2D eigenvalue weighted by atomic mass is 27.1. The van der Waals surface area contributed by atoms with Gasteiger partial charge in [0.25, 0.3) is 5.97 Å². The van der Waals surface area contributed by atoms with Gasteiger partial charge in [0.1, 0.15) is 0 Å². The lowest BCUT2D eigenvalue weighted by atomic mass is 10.3. The first-order chi connectivity index (χ1) is 5.74. The summed E-state index contributed by atoms with van der Waals surface area (Å²) in [5.74, 6) is -0.913. The zero-order chi connectivity index (χ0) is 9.45. The summed E-state index contributed by atoms with van der Waals surface area (Å²) < 4.78 is 20.0. The zero-order valence-electron chi connectivity index (χ0n) is 7.83. The fourth-order valence-electron chi connectivity index (χ4n) is 0.928. The molecule has 0 aromatic rings. The second-order valence-electron chi connectivity index (χ2n) is 2.27. The Bertz CT molecular complexity index is 97.3. The van der Waals surface area contributed by atoms with Crippen molar-refractivity contribution in [2.45, 2.75) is 18.8 Å². The van der Waals surface area contributed by atoms with Crippen molar-refractivity contribution in [2.75, 3.05) is 27.9 Å². The first kappa shape index (κ1) is 12.4. The van der Waals surface area contributed by atoms with Crippen LogP contribution in [0.2, 0.25) is 0 Å². The van der Waals surface area contributed by atoms with Gasteiger partial charge in [-0.1, -0.05) is 0 Å². The molecule has 12 heavy (non-hydrogen) atoms. The van der Waals surface area contributed by atoms with Crippen LogP contribution in [0.15, 0.2) is 0 Å². The topological polar surface area (TPSA) is 36.9 Å². The van der Waals surface area contributed by atoms with Crippen molar-refractivity contribution in [1.82, 2.24) is 0 Å². The predicted octanol–water partition coefficient (Wildman–Crippen LogP) is 0.460. The van der Waals surface area contributed by atoms with E-state index in [0.717, 1.165) is 6.42 Å². The highest BCUT2D eigenvalue weighted by Gasteiger charge is 2.28. The van der Waals surface area contributed by atoms with Crippen LogP contribution in [0, 0.1) is 0 Å². The molecule has 0 bridgehead atoms. The Hall–Kier alpha value is 0.372. The third kappa shape index (κ3) is 3.86. The Morgan fingerprint density at radius 2 is 1.58 bits per heavy atom. The van der Waals surface area contributed by atoms with Crippen molar-refractivity contribution in [3.63, 3.8) is 0 Å². The fraction of sp³-hybridized carbons (Fsp3) is 1.00. The van der Waals surface area contributed by atoms with E-state index in [1.54, 1.807) is 21.3 Å². The summed E-state index contributed by atoms with van der Waals surface area (Å²) in [7, 11) is 4.65. The number of rotatable bonds is 7. The molecule has 0 atom stereocenters. The Labute approximate surface area is 81.9 Å². The molecule has 0 spiro atoms. The second-order valence-corrected chi connectivity index (χ2v) is 2.60. The van der Waals surface area contributed by atoms with Crippen molar-refractivity contribution in [1.29, 1.82) is 0 Å². The van der Waals surface area contributed by atoms with E-state index in [-0.39, 0.29) is 0 Å². The summed E-state index contributed by atoms with van der Waals surface area (Å²) in [5, 5.41) is 0. The van der Waals surface area contributed by atoms with Crippen LogP contribution in [0.1, 0.15) is 12.8 Å². The maximum absolute atomic E-state index is 5.08. The Morgan fingerprint density at radius 1 is 1.08 bits per heavy atom. The monoisotopic (exact) mass is 190 g/mol. The molecule has 2 radical (unpaired) electrons. The molecule has 0 saturated carbocycles. The molecule has 0 aliphatic carbocycles. The highest BCUT2D eigenvalue weighted by Crippen LogP contribution is 2.18. The molecule has 0 saturated heterocycles. The Morgan fingerprint density at radius 3 is 1.92 bits per heavy atom. The van der Waals surface area contributed by atoms with Crippen LogP contribution < -0.4 is 0 Å². The molecule has 0 heterocycles. The molecule has 0 aliphatic rings. The van der Waals surface area contributed by atoms with E-state index < -0.39 is 5.97 Å². The van der Waals surface area contributed by atoms with E-state index in [9.17, 15) is 0 Å². The van der Waals surface area contributed by atoms with Crippen LogP contribution >= 0.6 is 0 Å². The van der Waals surface area contributed by atoms with Crippen LogP contribution in [0.3, 0.4) is 0 Å². The molecule has 5 heteroatoms. The molecule has 0 aliphatic heterocycles. The molecule has 0 amide bonds. The van der Waals surface area contributed by atoms with Crippen LogP contribution in [0.5, 0.6) is 0 Å². The first-order valence-electron chi connectivity index (χ1n) is 3.72. The third-order valence-corrected chi connectivity index (χ3v) is 1.91. The number of ether oxygens (including phenoxy) is 3. The van der Waals surface area contributed by atoms with Gasteiger partial charge in [-0.15, -0.1) is 0 Å². The van der Waals surface area contributed by atoms with Crippen LogP contribution in [0.4, 0.5) is 0 Å². The van der Waals surface area contributed by atoms with Crippen molar-refractivity contribution >= 4 is 16.6 Å². The zero-order valence-corrected chi connectivity index (χ0v) is 8.99. The standard InChI is InChI=1S/C7H15O4.Al/c1-9-7(10-2,11-3)5-4-6-8;/h4-6H2,1-3H3;/q-1;+1. The molecule has 0 unspecified atom stereocenters. The summed E-state index contributed by atoms with van der Waals surface area (Å²) in [5.41, 5.74) is 0. The Balaban J connectivity index is 3.76. The van der Waals surface area contributed by atoms with Crippen LogP contribution in [-0.4, -0.2) is 50.5 Å². The molecule has 4 nitrogen and oxygen atoms in total. The minimum absolute atomic E-state index is 0.641. The summed E-state index contributed by atoms with van der Waals surface area (Å²) >= 11 is 2.19. The van der Waals surface area contributed by atoms with E-state index >= 15 is 0 Å². The number of hydrogen-bond acceptors (Lipinski definition) is 4. The quantitative estimate of drug-likeness (QED) is 0.332. The number of methoxy groups -OCH3 is 3. The summed E-state index contributed by atoms with van der Waals surface area (Å²) in [4.78, 5) is 0. The van der Waals surface area contributed by atoms with E-state index in [0.29, 0.717) is 13.0 Å². The average molecular weight is 190 g/mol. The molecular formula is C7H15AlO4. The highest BCUT2D eigenvalue weighted by molar-refractivity contribution is 5.97. The first-order valence-corrected chi connectivity index (χ1v) is 4.19. The normalized spacial score (nSPS) is 11.9. The van der Waals surface area contributed by atoms with Gasteiger partial charge in [-0.05, 0) is 6.42 Å². The fourth-order valence-corrected chi connectivity index (χ4v) is 1.09. The van der Waals surface area contributed by atoms with Gasteiger partial charge < -0.3 is 18.0 Å². The van der Waals surface area contributed by atoms with Gasteiger partial charge in [-0.25, -0.2) is 0 Å². The Kier molecular flexibility index (Phi) is 7.05. The molecule has 0 rings (SSSR count). The van der Waals surface area contributed by atoms with Crippen molar-refractivity contribution < 1.29 is 18.0 Å². The van der Waals surface area contributed by atoms with E-state index in [2.05, 4.69) is 16.6 Å². The van der Waals surface area contributed by atoms with Gasteiger partial charge in [0.2, 0.25) is 0 Å². The minimum atomic E-state index is -0.913. The van der Waals surface area contributed by atoms with Crippen molar-refractivity contribution in [3.8, 4) is 0 Å². The minimum Gasteiger partial charge on any atom is -0.516 e. The van der Waals surface area contributed by atoms with E-state index in [1.807, 2.05) is 0 Å².